The Balaban J connectivity index is 1.95. The number of carbonyl (C=O) groups is 2. The van der Waals surface area contributed by atoms with Crippen LogP contribution in [0, 0.1) is 12.7 Å². The molecule has 1 aromatic carbocycles. The normalized spacial score (nSPS) is 10.2. The monoisotopic (exact) mass is 320 g/mol. The number of aryl methyl sites for hydroxylation is 1. The van der Waals surface area contributed by atoms with Crippen LogP contribution < -0.4 is 10.6 Å². The lowest BCUT2D eigenvalue weighted by molar-refractivity contribution is -0.140. The number of esters is 1. The van der Waals surface area contributed by atoms with Crippen molar-refractivity contribution in [1.82, 2.24) is 15.1 Å². The first-order valence-corrected chi connectivity index (χ1v) is 6.92. The molecular formula is C15H17FN4O3. The predicted octanol–water partition coefficient (Wildman–Crippen LogP) is 2.00. The molecule has 0 saturated carbocycles. The zero-order valence-corrected chi connectivity index (χ0v) is 12.8. The molecule has 122 valence electrons. The maximum Gasteiger partial charge on any atom is 0.319 e. The van der Waals surface area contributed by atoms with E-state index in [4.69, 9.17) is 0 Å². The number of halogens is 1. The lowest BCUT2D eigenvalue weighted by Crippen LogP contribution is -2.30. The summed E-state index contributed by atoms with van der Waals surface area (Å²) in [6.45, 7) is 1.99. The largest absolute Gasteiger partial charge is 0.469 e. The van der Waals surface area contributed by atoms with Crippen molar-refractivity contribution in [2.45, 2.75) is 13.3 Å². The third-order valence-corrected chi connectivity index (χ3v) is 3.01. The van der Waals surface area contributed by atoms with E-state index >= 15 is 0 Å². The number of nitrogens with zero attached hydrogens (tertiary/aromatic N) is 2. The van der Waals surface area contributed by atoms with Crippen LogP contribution in [0.15, 0.2) is 30.6 Å². The number of rotatable bonds is 5. The van der Waals surface area contributed by atoms with E-state index in [0.29, 0.717) is 5.69 Å². The molecule has 8 heteroatoms. The van der Waals surface area contributed by atoms with Crippen LogP contribution >= 0.6 is 0 Å². The van der Waals surface area contributed by atoms with E-state index in [-0.39, 0.29) is 18.7 Å². The lowest BCUT2D eigenvalue weighted by atomic mass is 10.2. The number of benzene rings is 1. The van der Waals surface area contributed by atoms with Gasteiger partial charge in [-0.25, -0.2) is 13.9 Å². The highest BCUT2D eigenvalue weighted by molar-refractivity contribution is 5.89. The zero-order chi connectivity index (χ0) is 16.8. The van der Waals surface area contributed by atoms with Crippen LogP contribution in [0.4, 0.5) is 14.9 Å². The average molecular weight is 320 g/mol. The Morgan fingerprint density at radius 2 is 2.17 bits per heavy atom. The molecule has 0 spiro atoms. The second-order valence-corrected chi connectivity index (χ2v) is 4.84. The summed E-state index contributed by atoms with van der Waals surface area (Å²) >= 11 is 0. The molecule has 2 amide bonds. The first-order valence-electron chi connectivity index (χ1n) is 6.92. The third-order valence-electron chi connectivity index (χ3n) is 3.01. The second-order valence-electron chi connectivity index (χ2n) is 4.84. The fourth-order valence-electron chi connectivity index (χ4n) is 1.87. The molecule has 2 aromatic rings. The topological polar surface area (TPSA) is 85.2 Å². The van der Waals surface area contributed by atoms with Crippen molar-refractivity contribution in [3.05, 3.63) is 42.0 Å². The molecule has 0 atom stereocenters. The van der Waals surface area contributed by atoms with Crippen molar-refractivity contribution in [2.24, 2.45) is 0 Å². The van der Waals surface area contributed by atoms with Crippen LogP contribution in [0.2, 0.25) is 0 Å². The number of anilines is 1. The molecule has 0 saturated heterocycles. The molecule has 0 aliphatic carbocycles. The molecule has 23 heavy (non-hydrogen) atoms. The Labute approximate surface area is 132 Å². The van der Waals surface area contributed by atoms with E-state index in [1.54, 1.807) is 18.5 Å². The maximum absolute atomic E-state index is 14.1. The van der Waals surface area contributed by atoms with Gasteiger partial charge in [0.15, 0.2) is 5.82 Å². The number of nitrogens with one attached hydrogen (secondary N) is 2. The summed E-state index contributed by atoms with van der Waals surface area (Å²) in [5, 5.41) is 9.00. The standard InChI is InChI=1S/C15H17FN4O3/c1-10-8-18-20(9-10)13-4-3-11(7-12(13)16)19-15(22)17-6-5-14(21)23-2/h3-4,7-9H,5-6H2,1-2H3,(H2,17,19,22). The van der Waals surface area contributed by atoms with E-state index in [0.717, 1.165) is 5.56 Å². The van der Waals surface area contributed by atoms with Crippen LogP contribution in [0.3, 0.4) is 0 Å². The minimum atomic E-state index is -0.531. The third kappa shape index (κ3) is 4.53. The van der Waals surface area contributed by atoms with Gasteiger partial charge >= 0.3 is 12.0 Å². The number of hydrogen-bond acceptors (Lipinski definition) is 4. The summed E-state index contributed by atoms with van der Waals surface area (Å²) in [5.41, 5.74) is 1.50. The minimum absolute atomic E-state index is 0.0653. The number of aromatic nitrogens is 2. The zero-order valence-electron chi connectivity index (χ0n) is 12.8. The molecular weight excluding hydrogens is 303 g/mol. The Morgan fingerprint density at radius 1 is 1.39 bits per heavy atom. The number of urea groups is 1. The fourth-order valence-corrected chi connectivity index (χ4v) is 1.87. The van der Waals surface area contributed by atoms with Gasteiger partial charge in [0.2, 0.25) is 0 Å². The van der Waals surface area contributed by atoms with Crippen molar-refractivity contribution in [2.75, 3.05) is 19.0 Å². The molecule has 0 unspecified atom stereocenters. The summed E-state index contributed by atoms with van der Waals surface area (Å²) < 4.78 is 20.0. The number of hydrogen-bond donors (Lipinski definition) is 2. The summed E-state index contributed by atoms with van der Waals surface area (Å²) in [6, 6.07) is 3.75. The van der Waals surface area contributed by atoms with Gasteiger partial charge in [-0.1, -0.05) is 0 Å². The predicted molar refractivity (Wildman–Crippen MR) is 81.9 cm³/mol. The lowest BCUT2D eigenvalue weighted by Gasteiger charge is -2.09. The Morgan fingerprint density at radius 3 is 2.78 bits per heavy atom. The highest BCUT2D eigenvalue weighted by Gasteiger charge is 2.09. The van der Waals surface area contributed by atoms with Gasteiger partial charge in [0.25, 0.3) is 0 Å². The van der Waals surface area contributed by atoms with E-state index in [1.165, 1.54) is 23.9 Å². The van der Waals surface area contributed by atoms with Gasteiger partial charge in [-0.3, -0.25) is 4.79 Å². The fraction of sp³-hybridized carbons (Fsp3) is 0.267. The SMILES string of the molecule is COC(=O)CCNC(=O)Nc1ccc(-n2cc(C)cn2)c(F)c1. The van der Waals surface area contributed by atoms with Crippen LogP contribution in [0.25, 0.3) is 5.69 Å². The van der Waals surface area contributed by atoms with Crippen LogP contribution in [-0.2, 0) is 9.53 Å². The first-order chi connectivity index (χ1) is 11.0. The van der Waals surface area contributed by atoms with Crippen LogP contribution in [-0.4, -0.2) is 35.4 Å². The van der Waals surface area contributed by atoms with Gasteiger partial charge in [0, 0.05) is 18.4 Å². The molecule has 0 radical (unpaired) electrons. The Kier molecular flexibility index (Phi) is 5.29. The minimum Gasteiger partial charge on any atom is -0.469 e. The highest BCUT2D eigenvalue weighted by atomic mass is 19.1. The molecule has 1 aromatic heterocycles. The molecule has 2 N–H and O–H groups in total. The van der Waals surface area contributed by atoms with Gasteiger partial charge in [0.1, 0.15) is 5.69 Å². The quantitative estimate of drug-likeness (QED) is 0.825. The average Bonchev–Trinajstić information content (AvgIpc) is 2.93. The van der Waals surface area contributed by atoms with Crippen molar-refractivity contribution in [1.29, 1.82) is 0 Å². The molecule has 0 aliphatic heterocycles. The molecule has 0 bridgehead atoms. The Hall–Kier alpha value is -2.90. The number of carbonyl (C=O) groups excluding carboxylic acids is 2. The van der Waals surface area contributed by atoms with Gasteiger partial charge in [-0.15, -0.1) is 0 Å². The van der Waals surface area contributed by atoms with Crippen LogP contribution in [0.5, 0.6) is 0 Å². The van der Waals surface area contributed by atoms with E-state index < -0.39 is 17.8 Å². The highest BCUT2D eigenvalue weighted by Crippen LogP contribution is 2.18. The van der Waals surface area contributed by atoms with Gasteiger partial charge in [-0.2, -0.15) is 5.10 Å². The van der Waals surface area contributed by atoms with E-state index in [2.05, 4.69) is 20.5 Å². The second kappa shape index (κ2) is 7.39. The van der Waals surface area contributed by atoms with Crippen molar-refractivity contribution in [3.8, 4) is 5.69 Å². The molecule has 0 fully saturated rings. The van der Waals surface area contributed by atoms with Gasteiger partial charge in [0.05, 0.1) is 19.7 Å². The summed E-state index contributed by atoms with van der Waals surface area (Å²) in [6.07, 6.45) is 3.39. The number of amides is 2. The Bertz CT molecular complexity index is 714. The van der Waals surface area contributed by atoms with Crippen molar-refractivity contribution >= 4 is 17.7 Å². The summed E-state index contributed by atoms with van der Waals surface area (Å²) in [7, 11) is 1.27. The van der Waals surface area contributed by atoms with E-state index in [1.807, 2.05) is 6.92 Å². The van der Waals surface area contributed by atoms with Crippen LogP contribution in [0.1, 0.15) is 12.0 Å². The van der Waals surface area contributed by atoms with Gasteiger partial charge < -0.3 is 15.4 Å². The number of methoxy groups -OCH3 is 1. The van der Waals surface area contributed by atoms with Gasteiger partial charge in [-0.05, 0) is 30.7 Å². The number of ether oxygens (including phenoxy) is 1. The maximum atomic E-state index is 14.1. The first kappa shape index (κ1) is 16.5. The van der Waals surface area contributed by atoms with Crippen molar-refractivity contribution in [3.63, 3.8) is 0 Å². The van der Waals surface area contributed by atoms with Crippen molar-refractivity contribution < 1.29 is 18.7 Å². The summed E-state index contributed by atoms with van der Waals surface area (Å²) in [5.74, 6) is -0.935. The molecule has 1 heterocycles. The molecule has 7 nitrogen and oxygen atoms in total. The molecule has 2 rings (SSSR count). The van der Waals surface area contributed by atoms with E-state index in [9.17, 15) is 14.0 Å². The smallest absolute Gasteiger partial charge is 0.319 e. The molecule has 0 aliphatic rings. The summed E-state index contributed by atoms with van der Waals surface area (Å²) in [4.78, 5) is 22.6.